The molecule has 120 valence electrons. The molecule has 0 aliphatic rings. The van der Waals surface area contributed by atoms with Crippen molar-refractivity contribution in [2.45, 2.75) is 0 Å². The van der Waals surface area contributed by atoms with E-state index < -0.39 is 10.0 Å². The Kier molecular flexibility index (Phi) is 5.08. The molecule has 0 unspecified atom stereocenters. The van der Waals surface area contributed by atoms with Gasteiger partial charge in [0, 0.05) is 11.3 Å². The molecule has 2 rings (SSSR count). The second-order valence-corrected chi connectivity index (χ2v) is 7.02. The lowest BCUT2D eigenvalue weighted by Gasteiger charge is -2.04. The van der Waals surface area contributed by atoms with E-state index in [0.29, 0.717) is 16.8 Å². The van der Waals surface area contributed by atoms with Gasteiger partial charge in [-0.15, -0.1) is 0 Å². The average Bonchev–Trinajstić information content (AvgIpc) is 2.47. The molecule has 0 saturated carbocycles. The maximum absolute atomic E-state index is 12.1. The first-order valence-electron chi connectivity index (χ1n) is 6.53. The quantitative estimate of drug-likeness (QED) is 0.639. The maximum atomic E-state index is 12.1. The zero-order valence-electron chi connectivity index (χ0n) is 12.2. The number of nitrogens with one attached hydrogen (secondary N) is 1. The van der Waals surface area contributed by atoms with Gasteiger partial charge in [-0.3, -0.25) is 9.52 Å². The lowest BCUT2D eigenvalue weighted by molar-refractivity contribution is 0.104. The Labute approximate surface area is 139 Å². The van der Waals surface area contributed by atoms with Crippen molar-refractivity contribution in [2.24, 2.45) is 0 Å². The maximum Gasteiger partial charge on any atom is 0.229 e. The van der Waals surface area contributed by atoms with Gasteiger partial charge in [-0.2, -0.15) is 0 Å². The first-order chi connectivity index (χ1) is 10.7. The summed E-state index contributed by atoms with van der Waals surface area (Å²) in [5, 5.41) is 9.54. The van der Waals surface area contributed by atoms with E-state index in [1.54, 1.807) is 18.2 Å². The lowest BCUT2D eigenvalue weighted by atomic mass is 10.1. The number of anilines is 1. The van der Waals surface area contributed by atoms with Gasteiger partial charge < -0.3 is 5.11 Å². The van der Waals surface area contributed by atoms with Gasteiger partial charge >= 0.3 is 0 Å². The van der Waals surface area contributed by atoms with Crippen molar-refractivity contribution in [3.05, 3.63) is 64.7 Å². The summed E-state index contributed by atoms with van der Waals surface area (Å²) in [5.74, 6) is -0.260. The zero-order chi connectivity index (χ0) is 17.0. The second kappa shape index (κ2) is 6.85. The number of phenols is 1. The predicted octanol–water partition coefficient (Wildman–Crippen LogP) is 3.31. The highest BCUT2D eigenvalue weighted by Gasteiger charge is 2.05. The third-order valence-electron chi connectivity index (χ3n) is 2.87. The van der Waals surface area contributed by atoms with Gasteiger partial charge in [-0.1, -0.05) is 23.7 Å². The fourth-order valence-corrected chi connectivity index (χ4v) is 2.56. The highest BCUT2D eigenvalue weighted by Crippen LogP contribution is 2.24. The van der Waals surface area contributed by atoms with Crippen LogP contribution in [0.25, 0.3) is 6.08 Å². The van der Waals surface area contributed by atoms with Crippen LogP contribution in [0.2, 0.25) is 5.02 Å². The molecule has 0 aromatic heterocycles. The average molecular weight is 352 g/mol. The topological polar surface area (TPSA) is 83.5 Å². The number of allylic oxidation sites excluding steroid dienone is 1. The van der Waals surface area contributed by atoms with E-state index in [-0.39, 0.29) is 16.6 Å². The van der Waals surface area contributed by atoms with Crippen LogP contribution in [0.3, 0.4) is 0 Å². The van der Waals surface area contributed by atoms with Crippen molar-refractivity contribution in [3.63, 3.8) is 0 Å². The van der Waals surface area contributed by atoms with Crippen molar-refractivity contribution in [1.29, 1.82) is 0 Å². The van der Waals surface area contributed by atoms with Gasteiger partial charge in [-0.05, 0) is 48.0 Å². The number of sulfonamides is 1. The molecule has 2 aromatic rings. The summed E-state index contributed by atoms with van der Waals surface area (Å²) in [6.07, 6.45) is 4.01. The number of halogens is 1. The van der Waals surface area contributed by atoms with Gasteiger partial charge in [0.1, 0.15) is 5.75 Å². The molecule has 0 atom stereocenters. The van der Waals surface area contributed by atoms with E-state index in [1.807, 2.05) is 0 Å². The predicted molar refractivity (Wildman–Crippen MR) is 91.4 cm³/mol. The first-order valence-corrected chi connectivity index (χ1v) is 8.80. The van der Waals surface area contributed by atoms with Crippen LogP contribution in [0.15, 0.2) is 48.5 Å². The van der Waals surface area contributed by atoms with Crippen LogP contribution >= 0.6 is 11.6 Å². The van der Waals surface area contributed by atoms with Crippen LogP contribution in [0.5, 0.6) is 5.75 Å². The number of hydrogen-bond donors (Lipinski definition) is 2. The van der Waals surface area contributed by atoms with Crippen molar-refractivity contribution in [3.8, 4) is 5.75 Å². The van der Waals surface area contributed by atoms with Crippen molar-refractivity contribution in [2.75, 3.05) is 11.0 Å². The van der Waals surface area contributed by atoms with Crippen LogP contribution < -0.4 is 4.72 Å². The molecule has 0 heterocycles. The molecule has 0 fully saturated rings. The lowest BCUT2D eigenvalue weighted by Crippen LogP contribution is -2.09. The summed E-state index contributed by atoms with van der Waals surface area (Å²) < 4.78 is 24.5. The van der Waals surface area contributed by atoms with Gasteiger partial charge in [0.2, 0.25) is 10.0 Å². The van der Waals surface area contributed by atoms with Crippen molar-refractivity contribution >= 4 is 39.2 Å². The Bertz CT molecular complexity index is 858. The Morgan fingerprint density at radius 3 is 2.39 bits per heavy atom. The van der Waals surface area contributed by atoms with Crippen molar-refractivity contribution < 1.29 is 18.3 Å². The highest BCUT2D eigenvalue weighted by molar-refractivity contribution is 7.92. The van der Waals surface area contributed by atoms with Crippen LogP contribution in [0.4, 0.5) is 5.69 Å². The summed E-state index contributed by atoms with van der Waals surface area (Å²) >= 11 is 5.79. The summed E-state index contributed by atoms with van der Waals surface area (Å²) in [5.41, 5.74) is 1.49. The summed E-state index contributed by atoms with van der Waals surface area (Å²) in [6, 6.07) is 10.7. The molecule has 0 radical (unpaired) electrons. The van der Waals surface area contributed by atoms with E-state index in [4.69, 9.17) is 11.6 Å². The Hall–Kier alpha value is -2.31. The minimum Gasteiger partial charge on any atom is -0.506 e. The summed E-state index contributed by atoms with van der Waals surface area (Å²) in [4.78, 5) is 12.1. The molecule has 0 aliphatic carbocycles. The Morgan fingerprint density at radius 2 is 1.83 bits per heavy atom. The monoisotopic (exact) mass is 351 g/mol. The minimum atomic E-state index is -3.35. The summed E-state index contributed by atoms with van der Waals surface area (Å²) in [7, 11) is -3.35. The third kappa shape index (κ3) is 5.12. The second-order valence-electron chi connectivity index (χ2n) is 4.86. The van der Waals surface area contributed by atoms with Crippen molar-refractivity contribution in [1.82, 2.24) is 0 Å². The van der Waals surface area contributed by atoms with E-state index in [1.165, 1.54) is 36.4 Å². The normalized spacial score (nSPS) is 11.6. The van der Waals surface area contributed by atoms with Gasteiger partial charge in [0.05, 0.1) is 11.3 Å². The Morgan fingerprint density at radius 1 is 1.17 bits per heavy atom. The molecule has 7 heteroatoms. The number of hydrogen-bond acceptors (Lipinski definition) is 4. The van der Waals surface area contributed by atoms with E-state index in [0.717, 1.165) is 6.26 Å². The molecule has 2 N–H and O–H groups in total. The number of carbonyl (C=O) groups is 1. The fraction of sp³-hybridized carbons (Fsp3) is 0.0625. The van der Waals surface area contributed by atoms with E-state index in [9.17, 15) is 18.3 Å². The number of ketones is 1. The van der Waals surface area contributed by atoms with E-state index >= 15 is 0 Å². The molecular weight excluding hydrogens is 338 g/mol. The van der Waals surface area contributed by atoms with Crippen LogP contribution in [-0.2, 0) is 10.0 Å². The molecule has 2 aromatic carbocycles. The molecule has 0 spiro atoms. The van der Waals surface area contributed by atoms with E-state index in [2.05, 4.69) is 4.72 Å². The van der Waals surface area contributed by atoms with Gasteiger partial charge in [0.15, 0.2) is 5.78 Å². The molecule has 0 saturated heterocycles. The number of aromatic hydroxyl groups is 1. The third-order valence-corrected chi connectivity index (χ3v) is 3.78. The standard InChI is InChI=1S/C16H14ClNO4S/c1-23(21,22)18-13-6-4-12(5-7-13)15(19)8-2-11-3-9-16(20)14(17)10-11/h2-10,18,20H,1H3. The number of phenolic OH excluding ortho intramolecular Hbond substituents is 1. The molecule has 5 nitrogen and oxygen atoms in total. The number of benzene rings is 2. The molecule has 0 bridgehead atoms. The molecule has 23 heavy (non-hydrogen) atoms. The SMILES string of the molecule is CS(=O)(=O)Nc1ccc(C(=O)C=Cc2ccc(O)c(Cl)c2)cc1. The molecular formula is C16H14ClNO4S. The first kappa shape index (κ1) is 17.1. The molecule has 0 amide bonds. The van der Waals surface area contributed by atoms with Crippen LogP contribution in [-0.4, -0.2) is 25.6 Å². The Balaban J connectivity index is 2.11. The van der Waals surface area contributed by atoms with Crippen LogP contribution in [0.1, 0.15) is 15.9 Å². The van der Waals surface area contributed by atoms with Gasteiger partial charge in [-0.25, -0.2) is 8.42 Å². The fourth-order valence-electron chi connectivity index (χ4n) is 1.81. The summed E-state index contributed by atoms with van der Waals surface area (Å²) in [6.45, 7) is 0. The van der Waals surface area contributed by atoms with Gasteiger partial charge in [0.25, 0.3) is 0 Å². The minimum absolute atomic E-state index is 0.0240. The highest BCUT2D eigenvalue weighted by atomic mass is 35.5. The zero-order valence-corrected chi connectivity index (χ0v) is 13.7. The van der Waals surface area contributed by atoms with Crippen LogP contribution in [0, 0.1) is 0 Å². The molecule has 0 aliphatic heterocycles. The number of carbonyl (C=O) groups excluding carboxylic acids is 1. The largest absolute Gasteiger partial charge is 0.506 e. The number of rotatable bonds is 5. The smallest absolute Gasteiger partial charge is 0.229 e.